The van der Waals surface area contributed by atoms with E-state index in [1.165, 1.54) is 5.56 Å². The van der Waals surface area contributed by atoms with Gasteiger partial charge in [-0.15, -0.1) is 0 Å². The number of nitrogens with zero attached hydrogens (tertiary/aromatic N) is 3. The Balaban J connectivity index is 2.41. The van der Waals surface area contributed by atoms with Crippen LogP contribution in [0.5, 0.6) is 0 Å². The van der Waals surface area contributed by atoms with Crippen LogP contribution < -0.4 is 0 Å². The van der Waals surface area contributed by atoms with Crippen molar-refractivity contribution in [1.29, 1.82) is 5.26 Å². The van der Waals surface area contributed by atoms with Gasteiger partial charge in [-0.05, 0) is 26.5 Å². The predicted molar refractivity (Wildman–Crippen MR) is 81.1 cm³/mol. The predicted octanol–water partition coefficient (Wildman–Crippen LogP) is 1.71. The summed E-state index contributed by atoms with van der Waals surface area (Å²) in [6.45, 7) is 6.39. The Morgan fingerprint density at radius 3 is 2.40 bits per heavy atom. The van der Waals surface area contributed by atoms with Crippen molar-refractivity contribution in [2.45, 2.75) is 32.5 Å². The fourth-order valence-corrected chi connectivity index (χ4v) is 2.20. The first kappa shape index (κ1) is 16.6. The molecule has 1 aromatic rings. The molecule has 1 atom stereocenters. The summed E-state index contributed by atoms with van der Waals surface area (Å²) in [7, 11) is 2.00. The molecule has 4 nitrogen and oxygen atoms in total. The lowest BCUT2D eigenvalue weighted by Gasteiger charge is -2.28. The molecule has 0 aromatic heterocycles. The first-order valence-corrected chi connectivity index (χ1v) is 7.04. The number of aliphatic hydroxyl groups excluding tert-OH is 1. The number of nitriles is 1. The second-order valence-corrected chi connectivity index (χ2v) is 5.52. The Kier molecular flexibility index (Phi) is 7.24. The lowest BCUT2D eigenvalue weighted by molar-refractivity contribution is 0.0739. The number of likely N-dealkylation sites (N-methyl/N-ethyl adjacent to an activating group) is 1. The van der Waals surface area contributed by atoms with Gasteiger partial charge >= 0.3 is 0 Å². The lowest BCUT2D eigenvalue weighted by atomic mass is 10.2. The fourth-order valence-electron chi connectivity index (χ4n) is 2.20. The van der Waals surface area contributed by atoms with E-state index in [1.807, 2.05) is 44.0 Å². The molecule has 0 spiro atoms. The average Bonchev–Trinajstić information content (AvgIpc) is 2.38. The maximum atomic E-state index is 10.2. The number of aliphatic hydroxyl groups is 1. The molecule has 1 aromatic carbocycles. The zero-order valence-corrected chi connectivity index (χ0v) is 12.7. The molecule has 0 heterocycles. The highest BCUT2D eigenvalue weighted by Crippen LogP contribution is 2.05. The summed E-state index contributed by atoms with van der Waals surface area (Å²) < 4.78 is 0. The van der Waals surface area contributed by atoms with Crippen molar-refractivity contribution in [2.24, 2.45) is 0 Å². The van der Waals surface area contributed by atoms with Crippen molar-refractivity contribution in [2.75, 3.05) is 26.7 Å². The second kappa shape index (κ2) is 8.70. The van der Waals surface area contributed by atoms with Crippen LogP contribution in [0.3, 0.4) is 0 Å². The van der Waals surface area contributed by atoms with E-state index in [4.69, 9.17) is 5.26 Å². The minimum atomic E-state index is -0.445. The minimum absolute atomic E-state index is 0.267. The normalized spacial score (nSPS) is 12.9. The minimum Gasteiger partial charge on any atom is -0.390 e. The largest absolute Gasteiger partial charge is 0.390 e. The molecule has 1 unspecified atom stereocenters. The molecule has 0 fully saturated rings. The molecule has 0 bridgehead atoms. The molecule has 0 saturated carbocycles. The van der Waals surface area contributed by atoms with E-state index < -0.39 is 6.10 Å². The van der Waals surface area contributed by atoms with Gasteiger partial charge in [-0.2, -0.15) is 5.26 Å². The third-order valence-electron chi connectivity index (χ3n) is 3.27. The van der Waals surface area contributed by atoms with E-state index in [-0.39, 0.29) is 6.04 Å². The molecule has 4 heteroatoms. The monoisotopic (exact) mass is 275 g/mol. The zero-order valence-electron chi connectivity index (χ0n) is 12.7. The van der Waals surface area contributed by atoms with Crippen LogP contribution in [0, 0.1) is 11.3 Å². The summed E-state index contributed by atoms with van der Waals surface area (Å²) in [6.07, 6.45) is -0.445. The van der Waals surface area contributed by atoms with Crippen LogP contribution in [0.2, 0.25) is 0 Å². The van der Waals surface area contributed by atoms with Gasteiger partial charge in [-0.1, -0.05) is 30.3 Å². The van der Waals surface area contributed by atoms with E-state index in [1.54, 1.807) is 0 Å². The second-order valence-electron chi connectivity index (χ2n) is 5.52. The highest BCUT2D eigenvalue weighted by atomic mass is 16.3. The molecule has 1 rings (SSSR count). The Bertz CT molecular complexity index is 413. The topological polar surface area (TPSA) is 50.5 Å². The van der Waals surface area contributed by atoms with E-state index in [9.17, 15) is 5.11 Å². The van der Waals surface area contributed by atoms with Crippen LogP contribution in [-0.4, -0.2) is 53.7 Å². The van der Waals surface area contributed by atoms with Crippen LogP contribution in [0.1, 0.15) is 19.4 Å². The van der Waals surface area contributed by atoms with Gasteiger partial charge < -0.3 is 5.11 Å². The highest BCUT2D eigenvalue weighted by molar-refractivity contribution is 5.14. The van der Waals surface area contributed by atoms with Gasteiger partial charge in [0.05, 0.1) is 18.7 Å². The van der Waals surface area contributed by atoms with Gasteiger partial charge in [0.15, 0.2) is 0 Å². The van der Waals surface area contributed by atoms with Gasteiger partial charge in [0.1, 0.15) is 0 Å². The van der Waals surface area contributed by atoms with Crippen molar-refractivity contribution in [3.63, 3.8) is 0 Å². The first-order valence-electron chi connectivity index (χ1n) is 7.04. The van der Waals surface area contributed by atoms with Crippen LogP contribution in [0.4, 0.5) is 0 Å². The Hall–Kier alpha value is -1.41. The van der Waals surface area contributed by atoms with E-state index >= 15 is 0 Å². The Labute approximate surface area is 122 Å². The van der Waals surface area contributed by atoms with E-state index in [0.717, 1.165) is 6.54 Å². The smallest absolute Gasteiger partial charge is 0.0869 e. The maximum Gasteiger partial charge on any atom is 0.0869 e. The number of rotatable bonds is 8. The van der Waals surface area contributed by atoms with Crippen LogP contribution in [0.15, 0.2) is 30.3 Å². The molecule has 1 N–H and O–H groups in total. The summed E-state index contributed by atoms with van der Waals surface area (Å²) in [4.78, 5) is 4.09. The van der Waals surface area contributed by atoms with Crippen LogP contribution >= 0.6 is 0 Å². The summed E-state index contributed by atoms with van der Waals surface area (Å²) >= 11 is 0. The molecule has 0 amide bonds. The molecule has 0 saturated heterocycles. The highest BCUT2D eigenvalue weighted by Gasteiger charge is 2.15. The number of hydrogen-bond donors (Lipinski definition) is 1. The Morgan fingerprint density at radius 1 is 1.20 bits per heavy atom. The molecule has 0 aliphatic carbocycles. The maximum absolute atomic E-state index is 10.2. The van der Waals surface area contributed by atoms with Crippen LogP contribution in [-0.2, 0) is 6.54 Å². The third-order valence-corrected chi connectivity index (χ3v) is 3.27. The standard InChI is InChI=1S/C16H25N3O/c1-14(2)19(10-9-17)13-16(20)12-18(3)11-15-7-5-4-6-8-15/h4-8,14,16,20H,10-13H2,1-3H3. The lowest BCUT2D eigenvalue weighted by Crippen LogP contribution is -2.42. The van der Waals surface area contributed by atoms with E-state index in [0.29, 0.717) is 19.6 Å². The number of hydrogen-bond acceptors (Lipinski definition) is 4. The summed E-state index contributed by atoms with van der Waals surface area (Å²) in [5.41, 5.74) is 1.24. The van der Waals surface area contributed by atoms with E-state index in [2.05, 4.69) is 23.1 Å². The van der Waals surface area contributed by atoms with Gasteiger partial charge in [0.25, 0.3) is 0 Å². The average molecular weight is 275 g/mol. The molecular formula is C16H25N3O. The van der Waals surface area contributed by atoms with Crippen LogP contribution in [0.25, 0.3) is 0 Å². The van der Waals surface area contributed by atoms with Crippen molar-refractivity contribution in [3.05, 3.63) is 35.9 Å². The zero-order chi connectivity index (χ0) is 15.0. The quantitative estimate of drug-likeness (QED) is 0.734. The van der Waals surface area contributed by atoms with Gasteiger partial charge in [0.2, 0.25) is 0 Å². The van der Waals surface area contributed by atoms with Crippen molar-refractivity contribution >= 4 is 0 Å². The van der Waals surface area contributed by atoms with Crippen molar-refractivity contribution < 1.29 is 5.11 Å². The first-order chi connectivity index (χ1) is 9.52. The third kappa shape index (κ3) is 6.16. The Morgan fingerprint density at radius 2 is 1.85 bits per heavy atom. The number of benzene rings is 1. The van der Waals surface area contributed by atoms with Gasteiger partial charge in [0, 0.05) is 25.7 Å². The SMILES string of the molecule is CC(C)N(CC#N)CC(O)CN(C)Cc1ccccc1. The molecule has 110 valence electrons. The molecule has 0 aliphatic heterocycles. The van der Waals surface area contributed by atoms with Crippen molar-refractivity contribution in [3.8, 4) is 6.07 Å². The fraction of sp³-hybridized carbons (Fsp3) is 0.562. The van der Waals surface area contributed by atoms with Gasteiger partial charge in [-0.25, -0.2) is 0 Å². The molecule has 0 aliphatic rings. The summed E-state index contributed by atoms with van der Waals surface area (Å²) in [6, 6.07) is 12.6. The van der Waals surface area contributed by atoms with Gasteiger partial charge in [-0.3, -0.25) is 9.80 Å². The molecule has 0 radical (unpaired) electrons. The molecular weight excluding hydrogens is 250 g/mol. The molecule has 20 heavy (non-hydrogen) atoms. The van der Waals surface area contributed by atoms with Crippen molar-refractivity contribution in [1.82, 2.24) is 9.80 Å². The summed E-state index contributed by atoms with van der Waals surface area (Å²) in [5, 5.41) is 18.9. The summed E-state index contributed by atoms with van der Waals surface area (Å²) in [5.74, 6) is 0.